The number of aliphatic hydroxyl groups excluding tert-OH is 1. The smallest absolute Gasteiger partial charge is 0.221 e. The number of carbonyl (C=O) groups excluding carboxylic acids is 1. The van der Waals surface area contributed by atoms with Crippen LogP contribution in [0.25, 0.3) is 0 Å². The first-order valence-electron chi connectivity index (χ1n) is 4.25. The molecule has 0 radical (unpaired) electrons. The van der Waals surface area contributed by atoms with Crippen molar-refractivity contribution in [2.75, 3.05) is 12.0 Å². The number of hydrogen-bond donors (Lipinski definition) is 2. The van der Waals surface area contributed by atoms with Crippen LogP contribution in [-0.2, 0) is 4.79 Å². The lowest BCUT2D eigenvalue weighted by atomic mass is 10.1. The predicted octanol–water partition coefficient (Wildman–Crippen LogP) is 1.65. The van der Waals surface area contributed by atoms with Crippen LogP contribution in [0.1, 0.15) is 18.6 Å². The number of anilines is 1. The third kappa shape index (κ3) is 2.81. The molecule has 0 heterocycles. The summed E-state index contributed by atoms with van der Waals surface area (Å²) in [5.41, 5.74) is 1.02. The summed E-state index contributed by atoms with van der Waals surface area (Å²) in [6.07, 6.45) is -1.12. The van der Waals surface area contributed by atoms with Crippen LogP contribution >= 0.6 is 0 Å². The summed E-state index contributed by atoms with van der Waals surface area (Å²) in [5, 5.41) is 11.8. The maximum atomic E-state index is 12.1. The van der Waals surface area contributed by atoms with E-state index in [1.807, 2.05) is 0 Å². The summed E-state index contributed by atoms with van der Waals surface area (Å²) in [7, 11) is 0. The number of nitrogens with one attached hydrogen (secondary N) is 1. The monoisotopic (exact) mass is 197 g/mol. The molecule has 0 aliphatic carbocycles. The molecule has 0 fully saturated rings. The van der Waals surface area contributed by atoms with Crippen LogP contribution in [0.2, 0.25) is 0 Å². The average molecular weight is 197 g/mol. The van der Waals surface area contributed by atoms with E-state index in [0.717, 1.165) is 0 Å². The minimum absolute atomic E-state index is 0.197. The van der Waals surface area contributed by atoms with Crippen molar-refractivity contribution in [3.8, 4) is 0 Å². The summed E-state index contributed by atoms with van der Waals surface area (Å²) in [6, 6.07) is 6.48. The SMILES string of the molecule is CC(=O)Nc1cccc(C(O)CF)c1. The summed E-state index contributed by atoms with van der Waals surface area (Å²) in [6.45, 7) is 0.557. The molecule has 1 atom stereocenters. The quantitative estimate of drug-likeness (QED) is 0.774. The lowest BCUT2D eigenvalue weighted by Gasteiger charge is -2.08. The van der Waals surface area contributed by atoms with Crippen molar-refractivity contribution in [2.24, 2.45) is 0 Å². The second-order valence-electron chi connectivity index (χ2n) is 2.98. The molecule has 3 nitrogen and oxygen atoms in total. The lowest BCUT2D eigenvalue weighted by molar-refractivity contribution is -0.114. The molecule has 0 aliphatic heterocycles. The molecule has 0 spiro atoms. The molecule has 76 valence electrons. The Morgan fingerprint density at radius 3 is 2.93 bits per heavy atom. The number of aliphatic hydroxyl groups is 1. The zero-order chi connectivity index (χ0) is 10.6. The van der Waals surface area contributed by atoms with Gasteiger partial charge < -0.3 is 10.4 Å². The number of rotatable bonds is 3. The van der Waals surface area contributed by atoms with Crippen LogP contribution in [0.5, 0.6) is 0 Å². The average Bonchev–Trinajstić information content (AvgIpc) is 2.16. The Hall–Kier alpha value is -1.42. The van der Waals surface area contributed by atoms with E-state index in [0.29, 0.717) is 11.3 Å². The van der Waals surface area contributed by atoms with E-state index in [4.69, 9.17) is 0 Å². The highest BCUT2D eigenvalue weighted by molar-refractivity contribution is 5.88. The minimum Gasteiger partial charge on any atom is -0.386 e. The van der Waals surface area contributed by atoms with Crippen molar-refractivity contribution >= 4 is 11.6 Å². The Morgan fingerprint density at radius 1 is 1.64 bits per heavy atom. The molecule has 0 aromatic heterocycles. The number of benzene rings is 1. The van der Waals surface area contributed by atoms with E-state index in [-0.39, 0.29) is 5.91 Å². The molecule has 1 unspecified atom stereocenters. The maximum absolute atomic E-state index is 12.1. The van der Waals surface area contributed by atoms with Gasteiger partial charge in [-0.3, -0.25) is 4.79 Å². The standard InChI is InChI=1S/C10H12FNO2/c1-7(13)12-9-4-2-3-8(5-9)10(14)6-11/h2-5,10,14H,6H2,1H3,(H,12,13). The largest absolute Gasteiger partial charge is 0.386 e. The first-order chi connectivity index (χ1) is 6.63. The van der Waals surface area contributed by atoms with Gasteiger partial charge in [0.15, 0.2) is 0 Å². The third-order valence-corrected chi connectivity index (χ3v) is 1.74. The van der Waals surface area contributed by atoms with Gasteiger partial charge in [0.05, 0.1) is 0 Å². The van der Waals surface area contributed by atoms with E-state index in [2.05, 4.69) is 5.32 Å². The predicted molar refractivity (Wildman–Crippen MR) is 51.7 cm³/mol. The van der Waals surface area contributed by atoms with Crippen LogP contribution in [0.4, 0.5) is 10.1 Å². The number of carbonyl (C=O) groups is 1. The molecule has 1 rings (SSSR count). The van der Waals surface area contributed by atoms with Gasteiger partial charge in [0.25, 0.3) is 0 Å². The zero-order valence-corrected chi connectivity index (χ0v) is 7.83. The van der Waals surface area contributed by atoms with Gasteiger partial charge in [0.2, 0.25) is 5.91 Å². The third-order valence-electron chi connectivity index (χ3n) is 1.74. The summed E-state index contributed by atoms with van der Waals surface area (Å²) < 4.78 is 12.1. The van der Waals surface area contributed by atoms with Crippen LogP contribution in [0.15, 0.2) is 24.3 Å². The second-order valence-corrected chi connectivity index (χ2v) is 2.98. The maximum Gasteiger partial charge on any atom is 0.221 e. The van der Waals surface area contributed by atoms with Crippen LogP contribution < -0.4 is 5.32 Å². The van der Waals surface area contributed by atoms with Crippen LogP contribution in [0.3, 0.4) is 0 Å². The molecular formula is C10H12FNO2. The van der Waals surface area contributed by atoms with Crippen molar-refractivity contribution in [1.82, 2.24) is 0 Å². The minimum atomic E-state index is -1.12. The number of halogens is 1. The highest BCUT2D eigenvalue weighted by atomic mass is 19.1. The first kappa shape index (κ1) is 10.7. The van der Waals surface area contributed by atoms with Gasteiger partial charge in [0, 0.05) is 12.6 Å². The Morgan fingerprint density at radius 2 is 2.36 bits per heavy atom. The molecule has 1 amide bonds. The van der Waals surface area contributed by atoms with Gasteiger partial charge >= 0.3 is 0 Å². The molecule has 1 aromatic rings. The van der Waals surface area contributed by atoms with Crippen molar-refractivity contribution in [1.29, 1.82) is 0 Å². The van der Waals surface area contributed by atoms with Gasteiger partial charge in [-0.2, -0.15) is 0 Å². The van der Waals surface area contributed by atoms with E-state index < -0.39 is 12.8 Å². The first-order valence-corrected chi connectivity index (χ1v) is 4.25. The fourth-order valence-corrected chi connectivity index (χ4v) is 1.12. The van der Waals surface area contributed by atoms with Crippen molar-refractivity contribution in [3.05, 3.63) is 29.8 Å². The van der Waals surface area contributed by atoms with E-state index in [9.17, 15) is 14.3 Å². The molecule has 0 saturated heterocycles. The fraction of sp³-hybridized carbons (Fsp3) is 0.300. The molecule has 1 aromatic carbocycles. The second kappa shape index (κ2) is 4.72. The molecule has 14 heavy (non-hydrogen) atoms. The lowest BCUT2D eigenvalue weighted by Crippen LogP contribution is -2.07. The fourth-order valence-electron chi connectivity index (χ4n) is 1.12. The molecule has 4 heteroatoms. The summed E-state index contributed by atoms with van der Waals surface area (Å²) >= 11 is 0. The van der Waals surface area contributed by atoms with Gasteiger partial charge in [0.1, 0.15) is 12.8 Å². The van der Waals surface area contributed by atoms with Gasteiger partial charge in [-0.25, -0.2) is 4.39 Å². The Kier molecular flexibility index (Phi) is 3.59. The molecule has 2 N–H and O–H groups in total. The summed E-state index contributed by atoms with van der Waals surface area (Å²) in [5.74, 6) is -0.197. The number of hydrogen-bond acceptors (Lipinski definition) is 2. The normalized spacial score (nSPS) is 12.2. The van der Waals surface area contributed by atoms with Gasteiger partial charge in [-0.1, -0.05) is 12.1 Å². The molecular weight excluding hydrogens is 185 g/mol. The number of amides is 1. The van der Waals surface area contributed by atoms with E-state index in [1.54, 1.807) is 24.3 Å². The topological polar surface area (TPSA) is 49.3 Å². The molecule has 0 aliphatic rings. The molecule has 0 saturated carbocycles. The zero-order valence-electron chi connectivity index (χ0n) is 7.83. The summed E-state index contributed by atoms with van der Waals surface area (Å²) in [4.78, 5) is 10.7. The van der Waals surface area contributed by atoms with Crippen molar-refractivity contribution in [2.45, 2.75) is 13.0 Å². The van der Waals surface area contributed by atoms with Crippen LogP contribution in [-0.4, -0.2) is 17.7 Å². The highest BCUT2D eigenvalue weighted by Crippen LogP contribution is 2.17. The Balaban J connectivity index is 2.83. The van der Waals surface area contributed by atoms with E-state index >= 15 is 0 Å². The molecule has 0 bridgehead atoms. The van der Waals surface area contributed by atoms with Gasteiger partial charge in [-0.05, 0) is 17.7 Å². The number of alkyl halides is 1. The van der Waals surface area contributed by atoms with Crippen molar-refractivity contribution < 1.29 is 14.3 Å². The Bertz CT molecular complexity index is 328. The Labute approximate surface area is 81.6 Å². The van der Waals surface area contributed by atoms with Crippen LogP contribution in [0, 0.1) is 0 Å². The highest BCUT2D eigenvalue weighted by Gasteiger charge is 2.07. The van der Waals surface area contributed by atoms with Crippen molar-refractivity contribution in [3.63, 3.8) is 0 Å². The van der Waals surface area contributed by atoms with E-state index in [1.165, 1.54) is 6.92 Å². The van der Waals surface area contributed by atoms with Gasteiger partial charge in [-0.15, -0.1) is 0 Å².